The number of imidazole rings is 1. The number of nitrogens with zero attached hydrogens (tertiary/aromatic N) is 2. The molecule has 0 unspecified atom stereocenters. The van der Waals surface area contributed by atoms with Crippen LogP contribution in [0.25, 0.3) is 10.9 Å². The highest BCUT2D eigenvalue weighted by Gasteiger charge is 2.35. The number of unbranched alkanes of at least 4 members (excludes halogenated alkanes) is 1. The molecule has 0 spiro atoms. The van der Waals surface area contributed by atoms with Crippen molar-refractivity contribution >= 4 is 135 Å². The quantitative estimate of drug-likeness (QED) is 0.0184. The van der Waals surface area contributed by atoms with Gasteiger partial charge in [0.15, 0.2) is 0 Å². The van der Waals surface area contributed by atoms with Gasteiger partial charge < -0.3 is 126 Å². The number of thioether (sulfide) groups is 2. The molecule has 0 saturated heterocycles. The molecule has 10 atom stereocenters. The van der Waals surface area contributed by atoms with Gasteiger partial charge in [-0.1, -0.05) is 45.9 Å². The highest BCUT2D eigenvalue weighted by Crippen LogP contribution is 2.20. The highest BCUT2D eigenvalue weighted by molar-refractivity contribution is 7.99. The van der Waals surface area contributed by atoms with Crippen LogP contribution in [0.15, 0.2) is 43.0 Å². The summed E-state index contributed by atoms with van der Waals surface area (Å²) in [6, 6.07) is -6.10. The lowest BCUT2D eigenvalue weighted by molar-refractivity contribution is -0.135. The summed E-state index contributed by atoms with van der Waals surface area (Å²) >= 11 is 2.53. The molecule has 2 aromatic heterocycles. The van der Waals surface area contributed by atoms with Crippen LogP contribution in [-0.2, 0) is 104 Å². The Morgan fingerprint density at radius 2 is 1.13 bits per heavy atom. The number of aromatic amines is 2. The molecular formula is C72H116N22O20S2. The Morgan fingerprint density at radius 1 is 0.560 bits per heavy atom. The van der Waals surface area contributed by atoms with Crippen LogP contribution in [0.5, 0.6) is 0 Å². The molecular weight excluding hydrogens is 1560 g/mol. The molecule has 646 valence electrons. The molecule has 0 fully saturated rings. The predicted molar refractivity (Wildman–Crippen MR) is 428 cm³/mol. The summed E-state index contributed by atoms with van der Waals surface area (Å²) in [5, 5.41) is 48.4. The number of nitrogens with one attached hydrogen (secondary N) is 17. The standard InChI is InChI=1S/C72H116N22O20S2/c1-40(2)26-51(69(109)89-48(63(75)103)19-25-115-9)90-70(110)53(28-45-30-76-38-82-45)87-59(100)33-81-72(112)62(41(3)4)93-64(104)42(5)84-68(108)52(27-44-29-78-47-15-11-10-14-46(44)47)91-67(107)50(17-18-56(74)97)85-58(99)32-80-65(105)49(16-12-13-20-73)86-61(102)36-114-24-23-113-22-21-77-57(98)31-79-66(106)55(37-116-39-83-43(6)96)92-71(111)54(35-95)88-60(101)34-94(7)8/h10-11,14-15,29-30,38,40-42,48-55,62,78,95H,12-13,16-28,31-37,39,73H2,1-9H3,(H2,74,97)(H2,75,103)(H,76,82)(H,77,98)(H,79,106)(H,80,105)(H,81,112)(H,83,96)(H,84,108)(H,85,99)(H,86,102)(H,87,100)(H,88,101)(H,89,109)(H,90,110)(H,91,107)(H,92,111)(H,93,104)/t42-,48-,49-,50-,51-,52-,53-,54-,55-,62-/m0/s1. The van der Waals surface area contributed by atoms with Crippen molar-refractivity contribution < 1.29 is 96.1 Å². The van der Waals surface area contributed by atoms with Gasteiger partial charge in [0.2, 0.25) is 100 Å². The summed E-state index contributed by atoms with van der Waals surface area (Å²) < 4.78 is 10.9. The number of para-hydroxylation sites is 1. The van der Waals surface area contributed by atoms with Gasteiger partial charge in [0, 0.05) is 67.5 Å². The number of nitrogens with two attached hydrogens (primary N) is 3. The number of aliphatic hydroxyl groups is 1. The van der Waals surface area contributed by atoms with Crippen LogP contribution in [0, 0.1) is 11.8 Å². The number of rotatable bonds is 58. The van der Waals surface area contributed by atoms with Gasteiger partial charge in [-0.25, -0.2) is 4.98 Å². The van der Waals surface area contributed by atoms with E-state index in [1.54, 1.807) is 63.3 Å². The zero-order valence-electron chi connectivity index (χ0n) is 66.9. The van der Waals surface area contributed by atoms with E-state index in [0.29, 0.717) is 40.8 Å². The first-order valence-corrected chi connectivity index (χ1v) is 40.2. The number of aromatic nitrogens is 3. The first-order chi connectivity index (χ1) is 55.0. The van der Waals surface area contributed by atoms with Gasteiger partial charge in [-0.2, -0.15) is 11.8 Å². The monoisotopic (exact) mass is 1670 g/mol. The molecule has 44 heteroatoms. The second-order valence-corrected chi connectivity index (χ2v) is 30.0. The Kier molecular flexibility index (Phi) is 46.7. The largest absolute Gasteiger partial charge is 0.394 e. The lowest BCUT2D eigenvalue weighted by Crippen LogP contribution is -2.59. The molecule has 3 aromatic rings. The third-order valence-corrected chi connectivity index (χ3v) is 18.5. The summed E-state index contributed by atoms with van der Waals surface area (Å²) in [7, 11) is 3.25. The van der Waals surface area contributed by atoms with E-state index < -0.39 is 207 Å². The van der Waals surface area contributed by atoms with E-state index >= 15 is 0 Å². The number of primary amides is 2. The van der Waals surface area contributed by atoms with Crippen LogP contribution in [0.3, 0.4) is 0 Å². The fourth-order valence-electron chi connectivity index (χ4n) is 10.9. The second kappa shape index (κ2) is 54.3. The molecule has 0 bridgehead atoms. The van der Waals surface area contributed by atoms with E-state index in [9.17, 15) is 86.6 Å². The number of carbonyl (C=O) groups excluding carboxylic acids is 17. The molecule has 0 aliphatic carbocycles. The van der Waals surface area contributed by atoms with Crippen LogP contribution < -0.4 is 97.0 Å². The number of carbonyl (C=O) groups is 17. The predicted octanol–water partition coefficient (Wildman–Crippen LogP) is -7.24. The molecule has 42 nitrogen and oxygen atoms in total. The average molecular weight is 1670 g/mol. The number of amides is 17. The average Bonchev–Trinajstić information content (AvgIpc) is 1.65. The van der Waals surface area contributed by atoms with E-state index in [4.69, 9.17) is 26.7 Å². The van der Waals surface area contributed by atoms with Gasteiger partial charge in [0.05, 0.1) is 64.8 Å². The molecule has 1 aromatic carbocycles. The highest BCUT2D eigenvalue weighted by atomic mass is 32.2. The van der Waals surface area contributed by atoms with Gasteiger partial charge in [0.25, 0.3) is 0 Å². The molecule has 24 N–H and O–H groups in total. The normalized spacial score (nSPS) is 13.7. The molecule has 0 aliphatic heterocycles. The van der Waals surface area contributed by atoms with Crippen molar-refractivity contribution in [2.24, 2.45) is 29.0 Å². The smallest absolute Gasteiger partial charge is 0.246 e. The Balaban J connectivity index is 1.63. The summed E-state index contributed by atoms with van der Waals surface area (Å²) in [5.41, 5.74) is 18.4. The number of H-pyrrole nitrogens is 2. The molecule has 0 aliphatic rings. The van der Waals surface area contributed by atoms with Gasteiger partial charge >= 0.3 is 0 Å². The van der Waals surface area contributed by atoms with Gasteiger partial charge in [-0.05, 0) is 102 Å². The third-order valence-electron chi connectivity index (χ3n) is 17.0. The van der Waals surface area contributed by atoms with Crippen molar-refractivity contribution in [3.05, 3.63) is 54.2 Å². The minimum Gasteiger partial charge on any atom is -0.394 e. The van der Waals surface area contributed by atoms with Crippen LogP contribution in [0.1, 0.15) is 97.7 Å². The van der Waals surface area contributed by atoms with Gasteiger partial charge in [-0.15, -0.1) is 11.8 Å². The SMILES string of the molecule is CSCC[C@H](NC(=O)[C@H](CC(C)C)NC(=O)[C@H](Cc1cnc[nH]1)NC(=O)CNC(=O)[C@@H](NC(=O)[C@H](C)NC(=O)[C@H](Cc1c[nH]c2ccccc12)NC(=O)[C@H](CCC(N)=O)NC(=O)CNC(=O)[C@H](CCCCN)NC(=O)COCCOCCNC(=O)CNC(=O)[C@H](CSCNC(C)=O)NC(=O)[C@H](CO)NC(=O)CN(C)C)C(C)C)C(N)=O. The number of likely N-dealkylation sites (N-methyl/N-ethyl adjacent to an activating group) is 1. The van der Waals surface area contributed by atoms with Crippen molar-refractivity contribution in [3.8, 4) is 0 Å². The molecule has 3 rings (SSSR count). The van der Waals surface area contributed by atoms with Crippen molar-refractivity contribution in [3.63, 3.8) is 0 Å². The van der Waals surface area contributed by atoms with E-state index in [0.717, 1.165) is 11.8 Å². The second-order valence-electron chi connectivity index (χ2n) is 28.0. The lowest BCUT2D eigenvalue weighted by atomic mass is 10.0. The Hall–Kier alpha value is -10.5. The van der Waals surface area contributed by atoms with E-state index in [1.807, 2.05) is 20.1 Å². The maximum absolute atomic E-state index is 14.5. The van der Waals surface area contributed by atoms with Crippen LogP contribution >= 0.6 is 23.5 Å². The lowest BCUT2D eigenvalue weighted by Gasteiger charge is -2.26. The van der Waals surface area contributed by atoms with Crippen LogP contribution in [0.4, 0.5) is 0 Å². The molecule has 2 heterocycles. The molecule has 0 saturated carbocycles. The summed E-state index contributed by atoms with van der Waals surface area (Å²) in [6.07, 6.45) is 6.31. The van der Waals surface area contributed by atoms with Gasteiger partial charge in [-0.3, -0.25) is 81.5 Å². The number of fused-ring (bicyclic) bond motifs is 1. The zero-order chi connectivity index (χ0) is 86.4. The zero-order valence-corrected chi connectivity index (χ0v) is 68.5. The Bertz CT molecular complexity index is 3740. The van der Waals surface area contributed by atoms with E-state index in [-0.39, 0.29) is 95.0 Å². The van der Waals surface area contributed by atoms with E-state index in [2.05, 4.69) is 94.7 Å². The van der Waals surface area contributed by atoms with E-state index in [1.165, 1.54) is 38.1 Å². The maximum atomic E-state index is 14.5. The fourth-order valence-corrected chi connectivity index (χ4v) is 12.3. The number of benzene rings is 1. The summed E-state index contributed by atoms with van der Waals surface area (Å²) in [4.78, 5) is 236. The van der Waals surface area contributed by atoms with Crippen LogP contribution in [0.2, 0.25) is 0 Å². The third kappa shape index (κ3) is 39.7. The topological polar surface area (TPSA) is 635 Å². The number of hydrogen-bond acceptors (Lipinski definition) is 25. The Morgan fingerprint density at radius 3 is 1.75 bits per heavy atom. The molecule has 0 radical (unpaired) electrons. The van der Waals surface area contributed by atoms with Crippen LogP contribution in [-0.4, -0.2) is 296 Å². The summed E-state index contributed by atoms with van der Waals surface area (Å²) in [6.45, 7) is 6.09. The van der Waals surface area contributed by atoms with Crippen molar-refractivity contribution in [2.45, 2.75) is 160 Å². The number of aliphatic hydroxyl groups excluding tert-OH is 1. The first-order valence-electron chi connectivity index (χ1n) is 37.7. The summed E-state index contributed by atoms with van der Waals surface area (Å²) in [5.74, 6) is -13.4. The van der Waals surface area contributed by atoms with Crippen molar-refractivity contribution in [2.75, 3.05) is 110 Å². The maximum Gasteiger partial charge on any atom is 0.246 e. The minimum absolute atomic E-state index is 0.0250. The number of hydrogen-bond donors (Lipinski definition) is 21. The molecule has 17 amide bonds. The molecule has 116 heavy (non-hydrogen) atoms. The fraction of sp³-hybridized carbons (Fsp3) is 0.611. The van der Waals surface area contributed by atoms with Crippen molar-refractivity contribution in [1.82, 2.24) is 99.6 Å². The minimum atomic E-state index is -1.57. The first kappa shape index (κ1) is 99.7. The van der Waals surface area contributed by atoms with Crippen molar-refractivity contribution in [1.29, 1.82) is 0 Å². The Labute approximate surface area is 680 Å². The van der Waals surface area contributed by atoms with Gasteiger partial charge in [0.1, 0.15) is 67.0 Å². The number of ether oxygens (including phenoxy) is 2.